The summed E-state index contributed by atoms with van der Waals surface area (Å²) in [6.07, 6.45) is 5.89. The molecule has 0 amide bonds. The van der Waals surface area contributed by atoms with Gasteiger partial charge in [0, 0.05) is 4.90 Å². The van der Waals surface area contributed by atoms with Crippen LogP contribution in [-0.4, -0.2) is 12.9 Å². The minimum absolute atomic E-state index is 0.251. The maximum Gasteiger partial charge on any atom is 0.190 e. The number of thioether (sulfide) groups is 1. The van der Waals surface area contributed by atoms with Gasteiger partial charge in [0.1, 0.15) is 0 Å². The summed E-state index contributed by atoms with van der Waals surface area (Å²) in [5.41, 5.74) is 0. The molecular formula is C13H18F2OS. The van der Waals surface area contributed by atoms with E-state index in [0.29, 0.717) is 11.5 Å². The van der Waals surface area contributed by atoms with E-state index in [1.54, 1.807) is 6.26 Å². The second kappa shape index (κ2) is 7.54. The summed E-state index contributed by atoms with van der Waals surface area (Å²) in [4.78, 5) is 0.568. The maximum atomic E-state index is 13.5. The Morgan fingerprint density at radius 3 is 2.29 bits per heavy atom. The molecule has 1 nitrogen and oxygen atoms in total. The zero-order valence-electron chi connectivity index (χ0n) is 10.3. The Morgan fingerprint density at radius 1 is 1.12 bits per heavy atom. The first kappa shape index (κ1) is 14.3. The van der Waals surface area contributed by atoms with Crippen LogP contribution in [0.5, 0.6) is 5.75 Å². The Labute approximate surface area is 106 Å². The third kappa shape index (κ3) is 4.54. The van der Waals surface area contributed by atoms with Gasteiger partial charge >= 0.3 is 0 Å². The maximum absolute atomic E-state index is 13.5. The lowest BCUT2D eigenvalue weighted by Gasteiger charge is -2.09. The molecule has 0 unspecified atom stereocenters. The predicted octanol–water partition coefficient (Wildman–Crippen LogP) is 4.65. The summed E-state index contributed by atoms with van der Waals surface area (Å²) in [6, 6.07) is 2.60. The van der Waals surface area contributed by atoms with Crippen molar-refractivity contribution in [3.63, 3.8) is 0 Å². The third-order valence-electron chi connectivity index (χ3n) is 2.45. The monoisotopic (exact) mass is 260 g/mol. The molecule has 0 saturated carbocycles. The molecule has 0 aromatic heterocycles. The SMILES string of the molecule is CCCCCCOc1c(F)cc(SC)cc1F. The fourth-order valence-corrected chi connectivity index (χ4v) is 1.94. The Bertz CT molecular complexity index is 332. The number of unbranched alkanes of at least 4 members (excludes halogenated alkanes) is 3. The van der Waals surface area contributed by atoms with E-state index >= 15 is 0 Å². The van der Waals surface area contributed by atoms with Crippen molar-refractivity contribution in [2.24, 2.45) is 0 Å². The van der Waals surface area contributed by atoms with Crippen LogP contribution in [0, 0.1) is 11.6 Å². The first-order chi connectivity index (χ1) is 8.19. The van der Waals surface area contributed by atoms with Gasteiger partial charge in [-0.2, -0.15) is 0 Å². The van der Waals surface area contributed by atoms with Crippen molar-refractivity contribution in [3.05, 3.63) is 23.8 Å². The zero-order chi connectivity index (χ0) is 12.7. The molecule has 0 spiro atoms. The first-order valence-electron chi connectivity index (χ1n) is 5.84. The zero-order valence-corrected chi connectivity index (χ0v) is 11.1. The van der Waals surface area contributed by atoms with Crippen molar-refractivity contribution in [3.8, 4) is 5.75 Å². The Kier molecular flexibility index (Phi) is 6.34. The third-order valence-corrected chi connectivity index (χ3v) is 3.16. The van der Waals surface area contributed by atoms with Crippen LogP contribution in [0.15, 0.2) is 17.0 Å². The smallest absolute Gasteiger partial charge is 0.190 e. The molecule has 0 bridgehead atoms. The van der Waals surface area contributed by atoms with E-state index in [1.165, 1.54) is 23.9 Å². The Morgan fingerprint density at radius 2 is 1.76 bits per heavy atom. The molecule has 0 N–H and O–H groups in total. The Balaban J connectivity index is 2.53. The molecule has 0 radical (unpaired) electrons. The van der Waals surface area contributed by atoms with Crippen molar-refractivity contribution in [1.82, 2.24) is 0 Å². The van der Waals surface area contributed by atoms with Gasteiger partial charge in [0.25, 0.3) is 0 Å². The van der Waals surface area contributed by atoms with Crippen LogP contribution in [0.2, 0.25) is 0 Å². The van der Waals surface area contributed by atoms with Gasteiger partial charge in [0.15, 0.2) is 17.4 Å². The van der Waals surface area contributed by atoms with E-state index < -0.39 is 11.6 Å². The van der Waals surface area contributed by atoms with Crippen molar-refractivity contribution in [1.29, 1.82) is 0 Å². The number of ether oxygens (including phenoxy) is 1. The van der Waals surface area contributed by atoms with Crippen molar-refractivity contribution in [2.75, 3.05) is 12.9 Å². The predicted molar refractivity (Wildman–Crippen MR) is 67.8 cm³/mol. The van der Waals surface area contributed by atoms with Gasteiger partial charge in [-0.1, -0.05) is 26.2 Å². The minimum Gasteiger partial charge on any atom is -0.488 e. The molecule has 0 fully saturated rings. The average Bonchev–Trinajstić information content (AvgIpc) is 2.31. The van der Waals surface area contributed by atoms with E-state index in [-0.39, 0.29) is 5.75 Å². The number of hydrogen-bond donors (Lipinski definition) is 0. The summed E-state index contributed by atoms with van der Waals surface area (Å²) in [7, 11) is 0. The summed E-state index contributed by atoms with van der Waals surface area (Å²) in [6.45, 7) is 2.48. The second-order valence-corrected chi connectivity index (χ2v) is 4.71. The van der Waals surface area contributed by atoms with Crippen LogP contribution in [-0.2, 0) is 0 Å². The summed E-state index contributed by atoms with van der Waals surface area (Å²) in [5, 5.41) is 0. The second-order valence-electron chi connectivity index (χ2n) is 3.83. The minimum atomic E-state index is -0.621. The standard InChI is InChI=1S/C13H18F2OS/c1-3-4-5-6-7-16-13-11(14)8-10(17-2)9-12(13)15/h8-9H,3-7H2,1-2H3. The molecule has 0 aliphatic heterocycles. The van der Waals surface area contributed by atoms with Crippen molar-refractivity contribution in [2.45, 2.75) is 37.5 Å². The Hall–Kier alpha value is -0.770. The lowest BCUT2D eigenvalue weighted by atomic mass is 10.2. The molecule has 0 aliphatic rings. The molecule has 0 heterocycles. The largest absolute Gasteiger partial charge is 0.488 e. The highest BCUT2D eigenvalue weighted by Gasteiger charge is 2.12. The van der Waals surface area contributed by atoms with Gasteiger partial charge in [-0.3, -0.25) is 0 Å². The van der Waals surface area contributed by atoms with Crippen LogP contribution in [0.3, 0.4) is 0 Å². The molecule has 0 saturated heterocycles. The molecule has 1 rings (SSSR count). The van der Waals surface area contributed by atoms with Gasteiger partial charge in [-0.25, -0.2) is 8.78 Å². The van der Waals surface area contributed by atoms with Gasteiger partial charge in [0.05, 0.1) is 6.61 Å². The van der Waals surface area contributed by atoms with Crippen LogP contribution in [0.25, 0.3) is 0 Å². The first-order valence-corrected chi connectivity index (χ1v) is 7.07. The van der Waals surface area contributed by atoms with Crippen LogP contribution in [0.4, 0.5) is 8.78 Å². The molecule has 1 aromatic rings. The lowest BCUT2D eigenvalue weighted by Crippen LogP contribution is -2.01. The fraction of sp³-hybridized carbons (Fsp3) is 0.538. The highest BCUT2D eigenvalue weighted by molar-refractivity contribution is 7.98. The number of benzene rings is 1. The molecule has 1 aromatic carbocycles. The van der Waals surface area contributed by atoms with Crippen LogP contribution in [0.1, 0.15) is 32.6 Å². The van der Waals surface area contributed by atoms with Crippen LogP contribution >= 0.6 is 11.8 Å². The molecule has 4 heteroatoms. The molecule has 17 heavy (non-hydrogen) atoms. The molecular weight excluding hydrogens is 242 g/mol. The van der Waals surface area contributed by atoms with E-state index in [2.05, 4.69) is 6.92 Å². The van der Waals surface area contributed by atoms with E-state index in [0.717, 1.165) is 25.7 Å². The highest BCUT2D eigenvalue weighted by Crippen LogP contribution is 2.27. The van der Waals surface area contributed by atoms with Crippen LogP contribution < -0.4 is 4.74 Å². The number of halogens is 2. The van der Waals surface area contributed by atoms with Crippen molar-refractivity contribution >= 4 is 11.8 Å². The summed E-state index contributed by atoms with van der Waals surface area (Å²) in [5.74, 6) is -1.49. The lowest BCUT2D eigenvalue weighted by molar-refractivity contribution is 0.275. The van der Waals surface area contributed by atoms with Gasteiger partial charge in [-0.05, 0) is 24.8 Å². The number of hydrogen-bond acceptors (Lipinski definition) is 2. The van der Waals surface area contributed by atoms with E-state index in [9.17, 15) is 8.78 Å². The molecule has 0 atom stereocenters. The summed E-state index contributed by atoms with van der Waals surface area (Å²) >= 11 is 1.31. The number of rotatable bonds is 7. The molecule has 96 valence electrons. The topological polar surface area (TPSA) is 9.23 Å². The van der Waals surface area contributed by atoms with Gasteiger partial charge in [-0.15, -0.1) is 11.8 Å². The van der Waals surface area contributed by atoms with Crippen molar-refractivity contribution < 1.29 is 13.5 Å². The van der Waals surface area contributed by atoms with E-state index in [1.807, 2.05) is 0 Å². The van der Waals surface area contributed by atoms with Gasteiger partial charge in [0.2, 0.25) is 0 Å². The fourth-order valence-electron chi connectivity index (χ4n) is 1.50. The van der Waals surface area contributed by atoms with Gasteiger partial charge < -0.3 is 4.74 Å². The summed E-state index contributed by atoms with van der Waals surface area (Å²) < 4.78 is 32.1. The van der Waals surface area contributed by atoms with E-state index in [4.69, 9.17) is 4.74 Å². The average molecular weight is 260 g/mol. The normalized spacial score (nSPS) is 10.6. The molecule has 0 aliphatic carbocycles. The quantitative estimate of drug-likeness (QED) is 0.521. The highest BCUT2D eigenvalue weighted by atomic mass is 32.2.